The third kappa shape index (κ3) is 5.37. The molecule has 0 aliphatic carbocycles. The molecule has 1 saturated heterocycles. The van der Waals surface area contributed by atoms with Gasteiger partial charge in [0, 0.05) is 64.2 Å². The van der Waals surface area contributed by atoms with Crippen LogP contribution in [0.1, 0.15) is 40.7 Å². The van der Waals surface area contributed by atoms with Crippen molar-refractivity contribution in [2.75, 3.05) is 45.2 Å². The van der Waals surface area contributed by atoms with Crippen molar-refractivity contribution in [3.63, 3.8) is 0 Å². The molecule has 1 fully saturated rings. The standard InChI is InChI=1S/C24H32N4O2/c1-27(12-4-13-28-14-8-19-5-2-3-6-21(19)18-28)24(29)20-7-11-25-23(17-20)26-22-9-15-30-16-10-22/h2-3,5-7,11,17,22H,4,8-10,12-16,18H2,1H3,(H,25,26). The number of rotatable bonds is 7. The molecule has 160 valence electrons. The molecule has 0 unspecified atom stereocenters. The van der Waals surface area contributed by atoms with E-state index >= 15 is 0 Å². The van der Waals surface area contributed by atoms with Crippen LogP contribution in [-0.4, -0.2) is 66.6 Å². The van der Waals surface area contributed by atoms with Crippen LogP contribution in [0.3, 0.4) is 0 Å². The van der Waals surface area contributed by atoms with Crippen LogP contribution >= 0.6 is 0 Å². The first kappa shape index (κ1) is 20.8. The van der Waals surface area contributed by atoms with Crippen LogP contribution in [0.25, 0.3) is 0 Å². The van der Waals surface area contributed by atoms with Gasteiger partial charge in [-0.1, -0.05) is 24.3 Å². The van der Waals surface area contributed by atoms with Gasteiger partial charge in [-0.05, 0) is 48.9 Å². The molecule has 1 N–H and O–H groups in total. The molecule has 0 bridgehead atoms. The van der Waals surface area contributed by atoms with Gasteiger partial charge in [-0.2, -0.15) is 0 Å². The van der Waals surface area contributed by atoms with Crippen molar-refractivity contribution in [2.24, 2.45) is 0 Å². The number of carbonyl (C=O) groups excluding carboxylic acids is 1. The van der Waals surface area contributed by atoms with Crippen LogP contribution < -0.4 is 5.32 Å². The van der Waals surface area contributed by atoms with Crippen LogP contribution in [-0.2, 0) is 17.7 Å². The molecule has 30 heavy (non-hydrogen) atoms. The summed E-state index contributed by atoms with van der Waals surface area (Å²) in [5.41, 5.74) is 3.60. The molecular formula is C24H32N4O2. The van der Waals surface area contributed by atoms with Gasteiger partial charge >= 0.3 is 0 Å². The number of aromatic nitrogens is 1. The fraction of sp³-hybridized carbons (Fsp3) is 0.500. The number of nitrogens with zero attached hydrogens (tertiary/aromatic N) is 3. The monoisotopic (exact) mass is 408 g/mol. The van der Waals surface area contributed by atoms with Gasteiger partial charge in [0.1, 0.15) is 5.82 Å². The number of hydrogen-bond acceptors (Lipinski definition) is 5. The summed E-state index contributed by atoms with van der Waals surface area (Å²) in [6.45, 7) is 5.43. The molecule has 2 aliphatic rings. The summed E-state index contributed by atoms with van der Waals surface area (Å²) in [4.78, 5) is 21.6. The van der Waals surface area contributed by atoms with Crippen LogP contribution in [0, 0.1) is 0 Å². The molecule has 6 heteroatoms. The Labute approximate surface area is 179 Å². The summed E-state index contributed by atoms with van der Waals surface area (Å²) in [5.74, 6) is 0.824. The number of nitrogens with one attached hydrogen (secondary N) is 1. The fourth-order valence-corrected chi connectivity index (χ4v) is 4.29. The molecule has 0 radical (unpaired) electrons. The zero-order valence-electron chi connectivity index (χ0n) is 17.8. The number of pyridine rings is 1. The molecule has 1 aromatic heterocycles. The van der Waals surface area contributed by atoms with Gasteiger partial charge in [0.15, 0.2) is 0 Å². The quantitative estimate of drug-likeness (QED) is 0.763. The Hall–Kier alpha value is -2.44. The molecule has 2 aromatic rings. The smallest absolute Gasteiger partial charge is 0.253 e. The molecule has 0 saturated carbocycles. The molecule has 3 heterocycles. The zero-order valence-corrected chi connectivity index (χ0v) is 17.8. The predicted octanol–water partition coefficient (Wildman–Crippen LogP) is 3.19. The van der Waals surface area contributed by atoms with Gasteiger partial charge in [0.05, 0.1) is 0 Å². The minimum atomic E-state index is 0.0522. The lowest BCUT2D eigenvalue weighted by atomic mass is 10.00. The van der Waals surface area contributed by atoms with Gasteiger partial charge in [-0.3, -0.25) is 9.69 Å². The fourth-order valence-electron chi connectivity index (χ4n) is 4.29. The second-order valence-electron chi connectivity index (χ2n) is 8.34. The first-order valence-corrected chi connectivity index (χ1v) is 11.0. The van der Waals surface area contributed by atoms with Crippen molar-refractivity contribution < 1.29 is 9.53 Å². The number of benzene rings is 1. The van der Waals surface area contributed by atoms with Crippen LogP contribution in [0.4, 0.5) is 5.82 Å². The number of amides is 1. The van der Waals surface area contributed by atoms with E-state index in [0.717, 1.165) is 70.9 Å². The Morgan fingerprint density at radius 2 is 2.03 bits per heavy atom. The highest BCUT2D eigenvalue weighted by molar-refractivity contribution is 5.94. The minimum absolute atomic E-state index is 0.0522. The van der Waals surface area contributed by atoms with Gasteiger partial charge < -0.3 is 15.0 Å². The van der Waals surface area contributed by atoms with E-state index in [1.807, 2.05) is 18.0 Å². The number of anilines is 1. The van der Waals surface area contributed by atoms with E-state index in [-0.39, 0.29) is 5.91 Å². The molecular weight excluding hydrogens is 376 g/mol. The predicted molar refractivity (Wildman–Crippen MR) is 119 cm³/mol. The lowest BCUT2D eigenvalue weighted by molar-refractivity contribution is 0.0787. The van der Waals surface area contributed by atoms with Crippen molar-refractivity contribution in [2.45, 2.75) is 38.3 Å². The maximum absolute atomic E-state index is 12.9. The van der Waals surface area contributed by atoms with Crippen molar-refractivity contribution in [3.05, 3.63) is 59.3 Å². The number of fused-ring (bicyclic) bond motifs is 1. The van der Waals surface area contributed by atoms with E-state index in [0.29, 0.717) is 11.6 Å². The summed E-state index contributed by atoms with van der Waals surface area (Å²) in [6, 6.07) is 12.7. The summed E-state index contributed by atoms with van der Waals surface area (Å²) in [7, 11) is 1.89. The topological polar surface area (TPSA) is 57.7 Å². The zero-order chi connectivity index (χ0) is 20.8. The van der Waals surface area contributed by atoms with Crippen molar-refractivity contribution in [1.29, 1.82) is 0 Å². The molecule has 6 nitrogen and oxygen atoms in total. The van der Waals surface area contributed by atoms with E-state index in [1.165, 1.54) is 11.1 Å². The van der Waals surface area contributed by atoms with Crippen LogP contribution in [0.5, 0.6) is 0 Å². The van der Waals surface area contributed by atoms with Crippen molar-refractivity contribution >= 4 is 11.7 Å². The SMILES string of the molecule is CN(CCCN1CCc2ccccc2C1)C(=O)c1ccnc(NC2CCOCC2)c1. The van der Waals surface area contributed by atoms with E-state index in [2.05, 4.69) is 39.5 Å². The highest BCUT2D eigenvalue weighted by Gasteiger charge is 2.18. The van der Waals surface area contributed by atoms with Gasteiger partial charge in [0.25, 0.3) is 5.91 Å². The number of hydrogen-bond donors (Lipinski definition) is 1. The van der Waals surface area contributed by atoms with Crippen LogP contribution in [0.2, 0.25) is 0 Å². The van der Waals surface area contributed by atoms with Crippen molar-refractivity contribution in [1.82, 2.24) is 14.8 Å². The Balaban J connectivity index is 1.25. The highest BCUT2D eigenvalue weighted by Crippen LogP contribution is 2.19. The lowest BCUT2D eigenvalue weighted by Crippen LogP contribution is -2.34. The summed E-state index contributed by atoms with van der Waals surface area (Å²) >= 11 is 0. The average molecular weight is 409 g/mol. The maximum Gasteiger partial charge on any atom is 0.253 e. The molecule has 0 atom stereocenters. The molecule has 1 aromatic carbocycles. The minimum Gasteiger partial charge on any atom is -0.381 e. The third-order valence-electron chi connectivity index (χ3n) is 6.10. The van der Waals surface area contributed by atoms with Crippen molar-refractivity contribution in [3.8, 4) is 0 Å². The second-order valence-corrected chi connectivity index (χ2v) is 8.34. The molecule has 1 amide bonds. The molecule has 0 spiro atoms. The van der Waals surface area contributed by atoms with E-state index in [9.17, 15) is 4.79 Å². The normalized spacial score (nSPS) is 17.4. The van der Waals surface area contributed by atoms with Gasteiger partial charge in [-0.25, -0.2) is 4.98 Å². The lowest BCUT2D eigenvalue weighted by Gasteiger charge is -2.29. The summed E-state index contributed by atoms with van der Waals surface area (Å²) in [6.07, 6.45) is 5.75. The first-order valence-electron chi connectivity index (χ1n) is 11.0. The number of carbonyl (C=O) groups is 1. The Morgan fingerprint density at radius 1 is 1.23 bits per heavy atom. The molecule has 4 rings (SSSR count). The number of ether oxygens (including phenoxy) is 1. The summed E-state index contributed by atoms with van der Waals surface area (Å²) in [5, 5.41) is 3.44. The summed E-state index contributed by atoms with van der Waals surface area (Å²) < 4.78 is 5.40. The Bertz CT molecular complexity index is 851. The Kier molecular flexibility index (Phi) is 6.97. The second kappa shape index (κ2) is 10.0. The van der Waals surface area contributed by atoms with E-state index in [4.69, 9.17) is 4.74 Å². The third-order valence-corrected chi connectivity index (χ3v) is 6.10. The highest BCUT2D eigenvalue weighted by atomic mass is 16.5. The van der Waals surface area contributed by atoms with E-state index in [1.54, 1.807) is 12.3 Å². The Morgan fingerprint density at radius 3 is 2.87 bits per heavy atom. The largest absolute Gasteiger partial charge is 0.381 e. The van der Waals surface area contributed by atoms with Gasteiger partial charge in [0.2, 0.25) is 0 Å². The van der Waals surface area contributed by atoms with Crippen LogP contribution in [0.15, 0.2) is 42.6 Å². The molecule has 2 aliphatic heterocycles. The average Bonchev–Trinajstić information content (AvgIpc) is 2.79. The first-order chi connectivity index (χ1) is 14.7. The van der Waals surface area contributed by atoms with Gasteiger partial charge in [-0.15, -0.1) is 0 Å². The maximum atomic E-state index is 12.9. The van der Waals surface area contributed by atoms with E-state index < -0.39 is 0 Å².